The number of aromatic nitrogens is 4. The van der Waals surface area contributed by atoms with Gasteiger partial charge >= 0.3 is 0 Å². The van der Waals surface area contributed by atoms with Crippen molar-refractivity contribution in [3.8, 4) is 5.69 Å². The van der Waals surface area contributed by atoms with Crippen LogP contribution in [0.3, 0.4) is 0 Å². The van der Waals surface area contributed by atoms with Gasteiger partial charge in [0, 0.05) is 13.1 Å². The third-order valence-corrected chi connectivity index (χ3v) is 5.02. The summed E-state index contributed by atoms with van der Waals surface area (Å²) in [6.07, 6.45) is 0.136. The van der Waals surface area contributed by atoms with Crippen molar-refractivity contribution in [2.75, 3.05) is 18.8 Å². The van der Waals surface area contributed by atoms with Crippen LogP contribution in [-0.2, 0) is 9.53 Å². The summed E-state index contributed by atoms with van der Waals surface area (Å²) in [4.78, 5) is 14.4. The summed E-state index contributed by atoms with van der Waals surface area (Å²) in [7, 11) is 0. The lowest BCUT2D eigenvalue weighted by molar-refractivity contribution is -0.140. The third kappa shape index (κ3) is 4.19. The number of carbonyl (C=O) groups excluding carboxylic acids is 1. The molecule has 3 rings (SSSR count). The molecule has 1 aromatic carbocycles. The Morgan fingerprint density at radius 1 is 1.28 bits per heavy atom. The van der Waals surface area contributed by atoms with E-state index in [9.17, 15) is 4.79 Å². The molecule has 25 heavy (non-hydrogen) atoms. The molecule has 134 valence electrons. The highest BCUT2D eigenvalue weighted by molar-refractivity contribution is 7.99. The lowest BCUT2D eigenvalue weighted by atomic mass is 10.1. The van der Waals surface area contributed by atoms with Gasteiger partial charge in [0.15, 0.2) is 0 Å². The van der Waals surface area contributed by atoms with Crippen LogP contribution in [0, 0.1) is 13.8 Å². The Morgan fingerprint density at radius 2 is 2.00 bits per heavy atom. The maximum absolute atomic E-state index is 12.5. The summed E-state index contributed by atoms with van der Waals surface area (Å²) in [6.45, 7) is 9.32. The zero-order valence-electron chi connectivity index (χ0n) is 15.0. The first-order valence-corrected chi connectivity index (χ1v) is 9.34. The Balaban J connectivity index is 1.68. The lowest BCUT2D eigenvalue weighted by Gasteiger charge is -2.35. The van der Waals surface area contributed by atoms with Crippen LogP contribution in [0.25, 0.3) is 5.69 Å². The van der Waals surface area contributed by atoms with Crippen molar-refractivity contribution in [1.29, 1.82) is 0 Å². The van der Waals surface area contributed by atoms with Gasteiger partial charge in [0.2, 0.25) is 11.1 Å². The summed E-state index contributed by atoms with van der Waals surface area (Å²) < 4.78 is 7.37. The molecule has 1 aliphatic rings. The van der Waals surface area contributed by atoms with E-state index in [4.69, 9.17) is 4.74 Å². The fourth-order valence-corrected chi connectivity index (χ4v) is 3.85. The van der Waals surface area contributed by atoms with Gasteiger partial charge in [0.1, 0.15) is 0 Å². The number of tetrazole rings is 1. The highest BCUT2D eigenvalue weighted by atomic mass is 32.2. The normalized spacial score (nSPS) is 20.7. The van der Waals surface area contributed by atoms with E-state index in [2.05, 4.69) is 28.5 Å². The number of rotatable bonds is 4. The molecule has 1 amide bonds. The molecule has 1 aromatic heterocycles. The van der Waals surface area contributed by atoms with Crippen LogP contribution in [0.2, 0.25) is 0 Å². The van der Waals surface area contributed by atoms with E-state index in [0.29, 0.717) is 24.0 Å². The van der Waals surface area contributed by atoms with Gasteiger partial charge in [-0.05, 0) is 49.8 Å². The minimum Gasteiger partial charge on any atom is -0.372 e. The van der Waals surface area contributed by atoms with Gasteiger partial charge in [-0.15, -0.1) is 5.10 Å². The van der Waals surface area contributed by atoms with E-state index >= 15 is 0 Å². The molecule has 0 spiro atoms. The average Bonchev–Trinajstić information content (AvgIpc) is 3.00. The number of nitrogens with zero attached hydrogens (tertiary/aromatic N) is 5. The number of amides is 1. The van der Waals surface area contributed by atoms with Crippen LogP contribution < -0.4 is 0 Å². The second-order valence-corrected chi connectivity index (χ2v) is 7.45. The maximum atomic E-state index is 12.5. The third-order valence-electron chi connectivity index (χ3n) is 4.12. The van der Waals surface area contributed by atoms with Crippen LogP contribution in [0.1, 0.15) is 25.0 Å². The quantitative estimate of drug-likeness (QED) is 0.776. The van der Waals surface area contributed by atoms with Crippen molar-refractivity contribution in [1.82, 2.24) is 25.1 Å². The Bertz CT molecular complexity index is 753. The van der Waals surface area contributed by atoms with Gasteiger partial charge in [0.25, 0.3) is 0 Å². The van der Waals surface area contributed by atoms with Crippen LogP contribution in [-0.4, -0.2) is 62.1 Å². The second kappa shape index (κ2) is 7.53. The molecule has 8 heteroatoms. The van der Waals surface area contributed by atoms with E-state index in [1.807, 2.05) is 37.8 Å². The predicted octanol–water partition coefficient (Wildman–Crippen LogP) is 2.01. The monoisotopic (exact) mass is 361 g/mol. The largest absolute Gasteiger partial charge is 0.372 e. The molecule has 2 atom stereocenters. The average molecular weight is 361 g/mol. The van der Waals surface area contributed by atoms with Crippen molar-refractivity contribution < 1.29 is 9.53 Å². The topological polar surface area (TPSA) is 73.1 Å². The van der Waals surface area contributed by atoms with E-state index in [-0.39, 0.29) is 18.1 Å². The molecule has 0 unspecified atom stereocenters. The van der Waals surface area contributed by atoms with E-state index in [1.165, 1.54) is 17.3 Å². The lowest BCUT2D eigenvalue weighted by Crippen LogP contribution is -2.48. The van der Waals surface area contributed by atoms with E-state index in [0.717, 1.165) is 11.3 Å². The van der Waals surface area contributed by atoms with Crippen LogP contribution in [0.15, 0.2) is 23.4 Å². The van der Waals surface area contributed by atoms with Gasteiger partial charge in [-0.2, -0.15) is 4.68 Å². The highest BCUT2D eigenvalue weighted by Gasteiger charge is 2.26. The molecule has 0 bridgehead atoms. The number of morpholine rings is 1. The maximum Gasteiger partial charge on any atom is 0.233 e. The number of benzene rings is 1. The van der Waals surface area contributed by atoms with Crippen LogP contribution in [0.5, 0.6) is 0 Å². The first-order valence-electron chi connectivity index (χ1n) is 8.36. The summed E-state index contributed by atoms with van der Waals surface area (Å²) in [5.41, 5.74) is 3.21. The van der Waals surface area contributed by atoms with Crippen LogP contribution >= 0.6 is 11.8 Å². The molecule has 1 fully saturated rings. The smallest absolute Gasteiger partial charge is 0.233 e. The predicted molar refractivity (Wildman–Crippen MR) is 95.9 cm³/mol. The summed E-state index contributed by atoms with van der Waals surface area (Å²) in [5, 5.41) is 12.5. The Labute approximate surface area is 151 Å². The number of ether oxygens (including phenoxy) is 1. The van der Waals surface area contributed by atoms with Crippen molar-refractivity contribution >= 4 is 17.7 Å². The molecule has 2 heterocycles. The molecule has 7 nitrogen and oxygen atoms in total. The fourth-order valence-electron chi connectivity index (χ4n) is 3.06. The molecule has 0 saturated carbocycles. The second-order valence-electron chi connectivity index (χ2n) is 6.51. The molecule has 0 radical (unpaired) electrons. The zero-order chi connectivity index (χ0) is 18.0. The van der Waals surface area contributed by atoms with Gasteiger partial charge in [-0.25, -0.2) is 0 Å². The molecule has 0 aliphatic carbocycles. The molecule has 1 aliphatic heterocycles. The molecule has 1 saturated heterocycles. The summed E-state index contributed by atoms with van der Waals surface area (Å²) >= 11 is 1.36. The standard InChI is InChI=1S/C17H23N5O2S/c1-11-5-6-15(12(2)7-11)22-17(18-19-20-22)25-10-16(23)21-8-13(3)24-14(4)9-21/h5-7,13-14H,8-10H2,1-4H3/t13-,14-/m1/s1. The van der Waals surface area contributed by atoms with Gasteiger partial charge in [0.05, 0.1) is 23.6 Å². The molecule has 2 aromatic rings. The first kappa shape index (κ1) is 17.9. The van der Waals surface area contributed by atoms with Crippen molar-refractivity contribution in [3.63, 3.8) is 0 Å². The highest BCUT2D eigenvalue weighted by Crippen LogP contribution is 2.22. The summed E-state index contributed by atoms with van der Waals surface area (Å²) in [5.74, 6) is 0.396. The Hall–Kier alpha value is -1.93. The number of aryl methyl sites for hydroxylation is 2. The summed E-state index contributed by atoms with van der Waals surface area (Å²) in [6, 6.07) is 6.12. The van der Waals surface area contributed by atoms with Gasteiger partial charge in [-0.1, -0.05) is 29.5 Å². The number of carbonyl (C=O) groups is 1. The SMILES string of the molecule is Cc1ccc(-n2nnnc2SCC(=O)N2C[C@@H](C)O[C@H](C)C2)c(C)c1. The van der Waals surface area contributed by atoms with E-state index < -0.39 is 0 Å². The number of thioether (sulfide) groups is 1. The molecular weight excluding hydrogens is 338 g/mol. The molecular formula is C17H23N5O2S. The number of hydrogen-bond acceptors (Lipinski definition) is 6. The van der Waals surface area contributed by atoms with Gasteiger partial charge in [-0.3, -0.25) is 4.79 Å². The van der Waals surface area contributed by atoms with Crippen LogP contribution in [0.4, 0.5) is 0 Å². The minimum atomic E-state index is 0.0678. The van der Waals surface area contributed by atoms with Crippen molar-refractivity contribution in [3.05, 3.63) is 29.3 Å². The molecule has 0 N–H and O–H groups in total. The van der Waals surface area contributed by atoms with Gasteiger partial charge < -0.3 is 9.64 Å². The van der Waals surface area contributed by atoms with Crippen molar-refractivity contribution in [2.24, 2.45) is 0 Å². The zero-order valence-corrected chi connectivity index (χ0v) is 15.8. The Morgan fingerprint density at radius 3 is 2.68 bits per heavy atom. The first-order chi connectivity index (χ1) is 11.9. The van der Waals surface area contributed by atoms with Crippen molar-refractivity contribution in [2.45, 2.75) is 45.1 Å². The minimum absolute atomic E-state index is 0.0678. The number of hydrogen-bond donors (Lipinski definition) is 0. The Kier molecular flexibility index (Phi) is 5.39. The van der Waals surface area contributed by atoms with E-state index in [1.54, 1.807) is 4.68 Å². The fraction of sp³-hybridized carbons (Fsp3) is 0.529.